The van der Waals surface area contributed by atoms with E-state index in [-0.39, 0.29) is 41.3 Å². The molecule has 4 aliphatic heterocycles. The molecule has 3 saturated heterocycles. The lowest BCUT2D eigenvalue weighted by atomic mass is 9.82. The van der Waals surface area contributed by atoms with Crippen molar-refractivity contribution in [2.75, 3.05) is 33.4 Å². The number of amides is 1. The third-order valence-electron chi connectivity index (χ3n) is 5.72. The van der Waals surface area contributed by atoms with E-state index in [9.17, 15) is 14.4 Å². The molecule has 0 unspecified atom stereocenters. The molecule has 146 valence electrons. The number of nitrogens with one attached hydrogen (secondary N) is 2. The number of piperazine rings is 1. The number of hydrogen-bond donors (Lipinski definition) is 4. The van der Waals surface area contributed by atoms with Crippen LogP contribution >= 0.6 is 0 Å². The molecule has 4 atom stereocenters. The normalized spacial score (nSPS) is 35.3. The summed E-state index contributed by atoms with van der Waals surface area (Å²) in [4.78, 5) is 38.4. The van der Waals surface area contributed by atoms with E-state index in [0.717, 1.165) is 0 Å². The van der Waals surface area contributed by atoms with E-state index in [1.807, 2.05) is 4.90 Å². The van der Waals surface area contributed by atoms with Gasteiger partial charge in [0.2, 0.25) is 11.6 Å². The Morgan fingerprint density at radius 3 is 2.56 bits per heavy atom. The van der Waals surface area contributed by atoms with Crippen LogP contribution < -0.4 is 22.1 Å². The molecule has 0 aromatic heterocycles. The van der Waals surface area contributed by atoms with Crippen LogP contribution in [0.3, 0.4) is 0 Å². The lowest BCUT2D eigenvalue weighted by Gasteiger charge is -2.39. The molecule has 0 spiro atoms. The third-order valence-corrected chi connectivity index (χ3v) is 5.72. The van der Waals surface area contributed by atoms with Crippen molar-refractivity contribution in [1.82, 2.24) is 15.5 Å². The number of rotatable bonds is 3. The smallest absolute Gasteiger partial charge is 0.404 e. The van der Waals surface area contributed by atoms with Gasteiger partial charge in [0.25, 0.3) is 0 Å². The van der Waals surface area contributed by atoms with Gasteiger partial charge in [0.15, 0.2) is 5.72 Å². The van der Waals surface area contributed by atoms with E-state index < -0.39 is 23.5 Å². The van der Waals surface area contributed by atoms with Crippen molar-refractivity contribution in [2.45, 2.75) is 24.7 Å². The highest BCUT2D eigenvalue weighted by molar-refractivity contribution is 6.25. The number of ether oxygens (including phenoxy) is 2. The zero-order chi connectivity index (χ0) is 19.5. The van der Waals surface area contributed by atoms with Gasteiger partial charge >= 0.3 is 6.09 Å². The summed E-state index contributed by atoms with van der Waals surface area (Å²) in [5.41, 5.74) is 10.7. The van der Waals surface area contributed by atoms with Gasteiger partial charge in [-0.1, -0.05) is 0 Å². The van der Waals surface area contributed by atoms with Crippen molar-refractivity contribution in [3.63, 3.8) is 0 Å². The van der Waals surface area contributed by atoms with Crippen molar-refractivity contribution in [1.29, 1.82) is 0 Å². The number of primary amides is 1. The fraction of sp³-hybridized carbons (Fsp3) is 0.588. The predicted molar refractivity (Wildman–Crippen MR) is 93.0 cm³/mol. The van der Waals surface area contributed by atoms with Crippen LogP contribution in [0.15, 0.2) is 22.5 Å². The summed E-state index contributed by atoms with van der Waals surface area (Å²) in [7, 11) is 1.52. The summed E-state index contributed by atoms with van der Waals surface area (Å²) in [6.45, 7) is 4.42. The summed E-state index contributed by atoms with van der Waals surface area (Å²) < 4.78 is 10.8. The molecule has 10 nitrogen and oxygen atoms in total. The maximum Gasteiger partial charge on any atom is 0.404 e. The van der Waals surface area contributed by atoms with Crippen LogP contribution in [0.1, 0.15) is 6.92 Å². The Bertz CT molecular complexity index is 801. The quantitative estimate of drug-likeness (QED) is 0.319. The number of nitrogens with zero attached hydrogens (tertiary/aromatic N) is 1. The van der Waals surface area contributed by atoms with Crippen LogP contribution in [0.4, 0.5) is 4.79 Å². The molecule has 5 rings (SSSR count). The topological polar surface area (TPSA) is 169 Å². The number of carbonyl (C=O) groups is 3. The molecule has 0 aromatic carbocycles. The molecule has 1 amide bonds. The Morgan fingerprint density at radius 1 is 1.33 bits per heavy atom. The summed E-state index contributed by atoms with van der Waals surface area (Å²) in [6.07, 6.45) is -0.950. The molecule has 6 N–H and O–H groups in total. The lowest BCUT2D eigenvalue weighted by molar-refractivity contribution is -0.137. The number of hydrogen-bond acceptors (Lipinski definition) is 9. The average molecular weight is 377 g/mol. The highest BCUT2D eigenvalue weighted by Crippen LogP contribution is 2.55. The predicted octanol–water partition coefficient (Wildman–Crippen LogP) is -2.06. The maximum absolute atomic E-state index is 12.8. The highest BCUT2D eigenvalue weighted by atomic mass is 16.6. The molecule has 0 radical (unpaired) electrons. The molecule has 0 bridgehead atoms. The van der Waals surface area contributed by atoms with Crippen molar-refractivity contribution < 1.29 is 23.9 Å². The molecular weight excluding hydrogens is 354 g/mol. The molecule has 10 heteroatoms. The van der Waals surface area contributed by atoms with E-state index in [1.54, 1.807) is 0 Å². The van der Waals surface area contributed by atoms with Gasteiger partial charge in [-0.25, -0.2) is 4.79 Å². The Labute approximate surface area is 155 Å². The molecule has 27 heavy (non-hydrogen) atoms. The second-order valence-electron chi connectivity index (χ2n) is 7.21. The van der Waals surface area contributed by atoms with Gasteiger partial charge in [0, 0.05) is 43.9 Å². The monoisotopic (exact) mass is 377 g/mol. The number of carbonyl (C=O) groups excluding carboxylic acids is 3. The number of allylic oxidation sites excluding steroid dienone is 2. The van der Waals surface area contributed by atoms with Gasteiger partial charge in [0.1, 0.15) is 6.61 Å². The molecular formula is C17H23N5O5. The average Bonchev–Trinajstić information content (AvgIpc) is 3.56. The summed E-state index contributed by atoms with van der Waals surface area (Å²) >= 11 is 0. The van der Waals surface area contributed by atoms with Gasteiger partial charge in [-0.05, 0) is 6.92 Å². The zero-order valence-electron chi connectivity index (χ0n) is 15.2. The first kappa shape index (κ1) is 18.0. The van der Waals surface area contributed by atoms with E-state index in [1.165, 1.54) is 27.1 Å². The van der Waals surface area contributed by atoms with Crippen LogP contribution in [0, 0.1) is 5.92 Å². The first-order valence-corrected chi connectivity index (χ1v) is 8.86. The molecule has 1 aliphatic carbocycles. The second kappa shape index (κ2) is 6.04. The van der Waals surface area contributed by atoms with E-state index >= 15 is 0 Å². The number of ketones is 2. The number of methoxy groups -OCH3 is 1. The number of Topliss-reactive ketones (excluding diaryl/α,β-unsaturated/α-hetero) is 2. The Kier molecular flexibility index (Phi) is 4.02. The van der Waals surface area contributed by atoms with Gasteiger partial charge in [-0.2, -0.15) is 0 Å². The molecule has 3 fully saturated rings. The Balaban J connectivity index is 0.000000547. The fourth-order valence-electron chi connectivity index (χ4n) is 4.31. The minimum atomic E-state index is -0.957. The molecule has 4 heterocycles. The minimum Gasteiger partial charge on any atom is -0.449 e. The van der Waals surface area contributed by atoms with E-state index in [4.69, 9.17) is 20.9 Å². The van der Waals surface area contributed by atoms with Crippen LogP contribution in [-0.4, -0.2) is 73.7 Å². The van der Waals surface area contributed by atoms with Crippen LogP contribution in [-0.2, 0) is 19.1 Å². The standard InChI is InChI=1S/C15H18N4O5.C2H5N/c1-5-9(16)12(21)8-6(4-24-14(17)22)15(23-2)13-7(18-13)3-19(15)10(8)11(5)20;1-2-3-1/h6-7,13,18H,3-4,16H2,1-2H3,(H2,17,22);3H,1-2H2/t6-,7+,13+,15-;/m1./s1. The first-order chi connectivity index (χ1) is 12.8. The SMILES string of the molecule is C1CN1.CO[C@@]12[C@H](COC(N)=O)C3=C(C(=O)C(C)=C(N)C3=O)N1C[C@@H]1N[C@@H]12. The first-order valence-electron chi connectivity index (χ1n) is 8.86. The Hall–Kier alpha value is -2.43. The highest BCUT2D eigenvalue weighted by Gasteiger charge is 2.72. The molecule has 0 saturated carbocycles. The second-order valence-corrected chi connectivity index (χ2v) is 7.21. The van der Waals surface area contributed by atoms with Crippen molar-refractivity contribution >= 4 is 17.7 Å². The van der Waals surface area contributed by atoms with Crippen LogP contribution in [0.5, 0.6) is 0 Å². The van der Waals surface area contributed by atoms with Crippen molar-refractivity contribution in [2.24, 2.45) is 17.4 Å². The summed E-state index contributed by atoms with van der Waals surface area (Å²) in [5, 5.41) is 6.28. The van der Waals surface area contributed by atoms with Crippen LogP contribution in [0.25, 0.3) is 0 Å². The summed E-state index contributed by atoms with van der Waals surface area (Å²) in [5.74, 6) is -1.34. The van der Waals surface area contributed by atoms with Crippen LogP contribution in [0.2, 0.25) is 0 Å². The fourth-order valence-corrected chi connectivity index (χ4v) is 4.31. The maximum atomic E-state index is 12.8. The van der Waals surface area contributed by atoms with E-state index in [0.29, 0.717) is 12.2 Å². The molecule has 5 aliphatic rings. The molecule has 0 aromatic rings. The van der Waals surface area contributed by atoms with Gasteiger partial charge in [-0.3, -0.25) is 9.59 Å². The number of nitrogens with two attached hydrogens (primary N) is 2. The zero-order valence-corrected chi connectivity index (χ0v) is 15.2. The lowest BCUT2D eigenvalue weighted by Crippen LogP contribution is -2.55. The number of fused-ring (bicyclic) bond motifs is 4. The van der Waals surface area contributed by atoms with Gasteiger partial charge in [0.05, 0.1) is 23.4 Å². The minimum absolute atomic E-state index is 0.0586. The third kappa shape index (κ3) is 2.47. The van der Waals surface area contributed by atoms with Crippen molar-refractivity contribution in [3.05, 3.63) is 22.5 Å². The Morgan fingerprint density at radius 2 is 2.00 bits per heavy atom. The largest absolute Gasteiger partial charge is 0.449 e. The van der Waals surface area contributed by atoms with Gasteiger partial charge < -0.3 is 36.5 Å². The van der Waals surface area contributed by atoms with Crippen molar-refractivity contribution in [3.8, 4) is 0 Å². The van der Waals surface area contributed by atoms with E-state index in [2.05, 4.69) is 10.6 Å². The van der Waals surface area contributed by atoms with Gasteiger partial charge in [-0.15, -0.1) is 0 Å². The summed E-state index contributed by atoms with van der Waals surface area (Å²) in [6, 6.07) is 0.109.